The number of ketones is 1. The SMILES string of the molecule is Cc1cccc(N2CCN(CCCCOc3ccc4c(c3)OC3(CCCCC3)CC4=O)CC2)c1C. The first-order valence-corrected chi connectivity index (χ1v) is 13.6. The summed E-state index contributed by atoms with van der Waals surface area (Å²) in [5, 5.41) is 0. The molecule has 2 aliphatic heterocycles. The Kier molecular flexibility index (Phi) is 7.33. The van der Waals surface area contributed by atoms with Gasteiger partial charge < -0.3 is 14.4 Å². The Labute approximate surface area is 210 Å². The van der Waals surface area contributed by atoms with Crippen LogP contribution in [0.1, 0.15) is 72.9 Å². The lowest BCUT2D eigenvalue weighted by Gasteiger charge is -2.40. The molecule has 0 N–H and O–H groups in total. The molecule has 3 aliphatic rings. The minimum Gasteiger partial charge on any atom is -0.493 e. The van der Waals surface area contributed by atoms with Crippen molar-refractivity contribution in [3.8, 4) is 11.5 Å². The Balaban J connectivity index is 1.05. The molecule has 0 unspecified atom stereocenters. The fraction of sp³-hybridized carbons (Fsp3) is 0.567. The van der Waals surface area contributed by atoms with E-state index < -0.39 is 0 Å². The summed E-state index contributed by atoms with van der Waals surface area (Å²) in [5.41, 5.74) is 4.61. The topological polar surface area (TPSA) is 42.0 Å². The third-order valence-corrected chi connectivity index (χ3v) is 8.25. The molecule has 0 radical (unpaired) electrons. The van der Waals surface area contributed by atoms with E-state index in [1.807, 2.05) is 18.2 Å². The molecular weight excluding hydrogens is 436 g/mol. The number of aryl methyl sites for hydroxylation is 1. The second-order valence-electron chi connectivity index (χ2n) is 10.7. The van der Waals surface area contributed by atoms with Gasteiger partial charge in [0.05, 0.1) is 18.6 Å². The third-order valence-electron chi connectivity index (χ3n) is 8.25. The number of unbranched alkanes of at least 4 members (excludes halogenated alkanes) is 1. The average Bonchev–Trinajstić information content (AvgIpc) is 2.86. The minimum atomic E-state index is -0.275. The Morgan fingerprint density at radius 3 is 2.57 bits per heavy atom. The summed E-state index contributed by atoms with van der Waals surface area (Å²) >= 11 is 0. The van der Waals surface area contributed by atoms with Crippen LogP contribution in [-0.4, -0.2) is 55.6 Å². The van der Waals surface area contributed by atoms with Gasteiger partial charge in [-0.2, -0.15) is 0 Å². The normalized spacial score (nSPS) is 19.9. The van der Waals surface area contributed by atoms with Crippen molar-refractivity contribution in [3.63, 3.8) is 0 Å². The van der Waals surface area contributed by atoms with E-state index in [4.69, 9.17) is 9.47 Å². The zero-order valence-electron chi connectivity index (χ0n) is 21.5. The molecule has 0 aromatic heterocycles. The predicted molar refractivity (Wildman–Crippen MR) is 141 cm³/mol. The summed E-state index contributed by atoms with van der Waals surface area (Å²) in [6.45, 7) is 10.7. The number of benzene rings is 2. The molecule has 0 atom stereocenters. The predicted octanol–water partition coefficient (Wildman–Crippen LogP) is 5.95. The van der Waals surface area contributed by atoms with E-state index in [9.17, 15) is 4.79 Å². The van der Waals surface area contributed by atoms with Crippen LogP contribution in [0.25, 0.3) is 0 Å². The van der Waals surface area contributed by atoms with Gasteiger partial charge in [0.25, 0.3) is 0 Å². The summed E-state index contributed by atoms with van der Waals surface area (Å²) < 4.78 is 12.5. The van der Waals surface area contributed by atoms with E-state index in [2.05, 4.69) is 41.8 Å². The molecular formula is C30H40N2O3. The van der Waals surface area contributed by atoms with Gasteiger partial charge in [0, 0.05) is 37.9 Å². The van der Waals surface area contributed by atoms with Gasteiger partial charge in [-0.25, -0.2) is 0 Å². The number of rotatable bonds is 7. The van der Waals surface area contributed by atoms with Crippen LogP contribution < -0.4 is 14.4 Å². The highest BCUT2D eigenvalue weighted by Crippen LogP contribution is 2.42. The molecule has 0 bridgehead atoms. The molecule has 5 nitrogen and oxygen atoms in total. The van der Waals surface area contributed by atoms with Gasteiger partial charge in [0.15, 0.2) is 5.78 Å². The van der Waals surface area contributed by atoms with Crippen molar-refractivity contribution in [1.29, 1.82) is 0 Å². The maximum atomic E-state index is 12.7. The highest BCUT2D eigenvalue weighted by Gasteiger charge is 2.41. The van der Waals surface area contributed by atoms with Gasteiger partial charge >= 0.3 is 0 Å². The first-order valence-electron chi connectivity index (χ1n) is 13.6. The van der Waals surface area contributed by atoms with Crippen LogP contribution in [0.4, 0.5) is 5.69 Å². The Morgan fingerprint density at radius 2 is 1.77 bits per heavy atom. The summed E-state index contributed by atoms with van der Waals surface area (Å²) in [4.78, 5) is 17.8. The number of Topliss-reactive ketones (excluding diaryl/α,β-unsaturated/α-hetero) is 1. The van der Waals surface area contributed by atoms with Crippen LogP contribution >= 0.6 is 0 Å². The average molecular weight is 477 g/mol. The largest absolute Gasteiger partial charge is 0.493 e. The standard InChI is InChI=1S/C30H40N2O3/c1-23-9-8-10-27(24(23)2)32-18-16-31(17-19-32)15-6-7-20-34-25-11-12-26-28(33)22-30(35-29(26)21-25)13-4-3-5-14-30/h8-12,21H,3-7,13-20,22H2,1-2H3. The van der Waals surface area contributed by atoms with E-state index in [-0.39, 0.29) is 11.4 Å². The number of anilines is 1. The van der Waals surface area contributed by atoms with E-state index in [1.165, 1.54) is 23.2 Å². The van der Waals surface area contributed by atoms with E-state index in [0.29, 0.717) is 18.6 Å². The van der Waals surface area contributed by atoms with Gasteiger partial charge in [0.1, 0.15) is 17.1 Å². The number of nitrogens with zero attached hydrogens (tertiary/aromatic N) is 2. The summed E-state index contributed by atoms with van der Waals surface area (Å²) in [7, 11) is 0. The smallest absolute Gasteiger partial charge is 0.170 e. The zero-order chi connectivity index (χ0) is 24.3. The summed E-state index contributed by atoms with van der Waals surface area (Å²) in [5.74, 6) is 1.76. The molecule has 1 spiro atoms. The first-order chi connectivity index (χ1) is 17.0. The van der Waals surface area contributed by atoms with Gasteiger partial charge in [-0.3, -0.25) is 9.69 Å². The molecule has 5 heteroatoms. The quantitative estimate of drug-likeness (QED) is 0.462. The molecule has 2 aromatic rings. The highest BCUT2D eigenvalue weighted by molar-refractivity contribution is 6.00. The second-order valence-corrected chi connectivity index (χ2v) is 10.7. The van der Waals surface area contributed by atoms with E-state index in [1.54, 1.807) is 0 Å². The maximum absolute atomic E-state index is 12.7. The van der Waals surface area contributed by atoms with E-state index >= 15 is 0 Å². The van der Waals surface area contributed by atoms with Crippen LogP contribution in [-0.2, 0) is 0 Å². The molecule has 2 heterocycles. The highest BCUT2D eigenvalue weighted by atomic mass is 16.5. The second kappa shape index (κ2) is 10.6. The van der Waals surface area contributed by atoms with Crippen LogP contribution in [0, 0.1) is 13.8 Å². The van der Waals surface area contributed by atoms with Crippen molar-refractivity contribution in [1.82, 2.24) is 4.90 Å². The Hall–Kier alpha value is -2.53. The van der Waals surface area contributed by atoms with Crippen LogP contribution in [0.5, 0.6) is 11.5 Å². The lowest BCUT2D eigenvalue weighted by atomic mass is 9.78. The number of fused-ring (bicyclic) bond motifs is 1. The molecule has 1 saturated heterocycles. The fourth-order valence-corrected chi connectivity index (χ4v) is 5.96. The maximum Gasteiger partial charge on any atom is 0.170 e. The molecule has 5 rings (SSSR count). The number of hydrogen-bond donors (Lipinski definition) is 0. The molecule has 1 aliphatic carbocycles. The number of hydrogen-bond acceptors (Lipinski definition) is 5. The Bertz CT molecular complexity index is 1040. The molecule has 2 aromatic carbocycles. The first kappa shape index (κ1) is 24.2. The van der Waals surface area contributed by atoms with Crippen LogP contribution in [0.3, 0.4) is 0 Å². The number of carbonyl (C=O) groups is 1. The van der Waals surface area contributed by atoms with Crippen LogP contribution in [0.15, 0.2) is 36.4 Å². The van der Waals surface area contributed by atoms with Gasteiger partial charge in [-0.1, -0.05) is 18.6 Å². The lowest BCUT2D eigenvalue weighted by Crippen LogP contribution is -2.46. The van der Waals surface area contributed by atoms with Crippen molar-refractivity contribution < 1.29 is 14.3 Å². The monoisotopic (exact) mass is 476 g/mol. The van der Waals surface area contributed by atoms with Crippen molar-refractivity contribution in [2.24, 2.45) is 0 Å². The van der Waals surface area contributed by atoms with Gasteiger partial charge in [0.2, 0.25) is 0 Å². The number of carbonyl (C=O) groups excluding carboxylic acids is 1. The lowest BCUT2D eigenvalue weighted by molar-refractivity contribution is 0.0134. The number of piperazine rings is 1. The van der Waals surface area contributed by atoms with Crippen molar-refractivity contribution in [2.75, 3.05) is 44.2 Å². The van der Waals surface area contributed by atoms with Crippen molar-refractivity contribution in [2.45, 2.75) is 70.8 Å². The van der Waals surface area contributed by atoms with Crippen molar-refractivity contribution >= 4 is 11.5 Å². The van der Waals surface area contributed by atoms with E-state index in [0.717, 1.165) is 82.7 Å². The van der Waals surface area contributed by atoms with Gasteiger partial charge in [-0.05, 0) is 88.2 Å². The molecule has 188 valence electrons. The summed E-state index contributed by atoms with van der Waals surface area (Å²) in [6, 6.07) is 12.4. The molecule has 0 amide bonds. The third kappa shape index (κ3) is 5.50. The molecule has 1 saturated carbocycles. The van der Waals surface area contributed by atoms with Crippen molar-refractivity contribution in [3.05, 3.63) is 53.1 Å². The van der Waals surface area contributed by atoms with Gasteiger partial charge in [-0.15, -0.1) is 0 Å². The zero-order valence-corrected chi connectivity index (χ0v) is 21.5. The number of ether oxygens (including phenoxy) is 2. The summed E-state index contributed by atoms with van der Waals surface area (Å²) in [6.07, 6.45) is 8.21. The van der Waals surface area contributed by atoms with Crippen LogP contribution in [0.2, 0.25) is 0 Å². The molecule has 2 fully saturated rings. The molecule has 35 heavy (non-hydrogen) atoms. The Morgan fingerprint density at radius 1 is 0.971 bits per heavy atom. The minimum absolute atomic E-state index is 0.220. The fourth-order valence-electron chi connectivity index (χ4n) is 5.96.